The van der Waals surface area contributed by atoms with E-state index in [2.05, 4.69) is 14.7 Å². The van der Waals surface area contributed by atoms with E-state index in [1.165, 1.54) is 12.4 Å². The van der Waals surface area contributed by atoms with Crippen LogP contribution in [0.5, 0.6) is 11.8 Å². The molecule has 0 saturated carbocycles. The fourth-order valence-electron chi connectivity index (χ4n) is 0.771. The van der Waals surface area contributed by atoms with Gasteiger partial charge in [-0.15, -0.1) is 0 Å². The Morgan fingerprint density at radius 1 is 1.50 bits per heavy atom. The van der Waals surface area contributed by atoms with Crippen molar-refractivity contribution >= 4 is 6.09 Å². The van der Waals surface area contributed by atoms with Crippen molar-refractivity contribution in [1.82, 2.24) is 9.97 Å². The number of carbonyl (C=O) groups excluding carboxylic acids is 1. The molecule has 0 saturated heterocycles. The Labute approximate surface area is 90.6 Å². The molecule has 0 aliphatic rings. The second-order valence-corrected chi connectivity index (χ2v) is 2.77. The van der Waals surface area contributed by atoms with Gasteiger partial charge in [0.15, 0.2) is 5.75 Å². The number of rotatable bonds is 5. The van der Waals surface area contributed by atoms with E-state index >= 15 is 0 Å². The molecule has 16 heavy (non-hydrogen) atoms. The van der Waals surface area contributed by atoms with Crippen LogP contribution < -0.4 is 15.2 Å². The minimum absolute atomic E-state index is 0.00989. The summed E-state index contributed by atoms with van der Waals surface area (Å²) in [5, 5.41) is 17.5. The fourth-order valence-corrected chi connectivity index (χ4v) is 0.771. The van der Waals surface area contributed by atoms with Crippen molar-refractivity contribution < 1.29 is 24.5 Å². The van der Waals surface area contributed by atoms with Crippen molar-refractivity contribution in [2.24, 2.45) is 5.73 Å². The summed E-state index contributed by atoms with van der Waals surface area (Å²) in [5.74, 6) is 0.0857. The molecule has 1 aromatic heterocycles. The molecule has 1 aromatic rings. The quantitative estimate of drug-likeness (QED) is 0.570. The van der Waals surface area contributed by atoms with Gasteiger partial charge in [0.25, 0.3) is 0 Å². The van der Waals surface area contributed by atoms with Crippen LogP contribution in [0, 0.1) is 0 Å². The first kappa shape index (κ1) is 12.1. The minimum atomic E-state index is -0.995. The van der Waals surface area contributed by atoms with Crippen LogP contribution in [0.25, 0.3) is 0 Å². The third kappa shape index (κ3) is 4.07. The molecular weight excluding hydrogens is 218 g/mol. The number of nitrogens with zero attached hydrogens (tertiary/aromatic N) is 2. The zero-order valence-electron chi connectivity index (χ0n) is 8.24. The molecule has 1 rings (SSSR count). The molecule has 0 aliphatic carbocycles. The Morgan fingerprint density at radius 2 is 2.12 bits per heavy atom. The number of aliphatic hydroxyl groups is 2. The normalized spacial score (nSPS) is 11.9. The number of carbonyl (C=O) groups is 1. The van der Waals surface area contributed by atoms with E-state index in [0.717, 1.165) is 0 Å². The van der Waals surface area contributed by atoms with Gasteiger partial charge in [-0.25, -0.2) is 4.79 Å². The molecule has 8 heteroatoms. The van der Waals surface area contributed by atoms with Gasteiger partial charge in [-0.2, -0.15) is 9.97 Å². The van der Waals surface area contributed by atoms with Gasteiger partial charge in [-0.1, -0.05) is 0 Å². The minimum Gasteiger partial charge on any atom is -0.461 e. The molecule has 4 N–H and O–H groups in total. The maximum atomic E-state index is 10.4. The Bertz CT molecular complexity index is 342. The highest BCUT2D eigenvalue weighted by Gasteiger charge is 2.05. The van der Waals surface area contributed by atoms with Crippen LogP contribution in [0.4, 0.5) is 4.79 Å². The summed E-state index contributed by atoms with van der Waals surface area (Å²) in [6.07, 6.45) is 0.426. The summed E-state index contributed by atoms with van der Waals surface area (Å²) in [6.45, 7) is -0.546. The van der Waals surface area contributed by atoms with Crippen LogP contribution in [0.15, 0.2) is 12.4 Å². The molecule has 0 aliphatic heterocycles. The van der Waals surface area contributed by atoms with Crippen LogP contribution in [0.3, 0.4) is 0 Å². The third-order valence-corrected chi connectivity index (χ3v) is 1.44. The Morgan fingerprint density at radius 3 is 2.62 bits per heavy atom. The van der Waals surface area contributed by atoms with Crippen LogP contribution in [0.1, 0.15) is 0 Å². The maximum Gasteiger partial charge on any atom is 0.410 e. The first-order valence-corrected chi connectivity index (χ1v) is 4.33. The molecule has 0 fully saturated rings. The SMILES string of the molecule is NC(=O)Oc1cnc(OC[C@@H](O)CO)nc1. The molecule has 1 heterocycles. The van der Waals surface area contributed by atoms with Gasteiger partial charge in [-0.3, -0.25) is 0 Å². The van der Waals surface area contributed by atoms with Gasteiger partial charge in [-0.05, 0) is 0 Å². The third-order valence-electron chi connectivity index (χ3n) is 1.44. The Kier molecular flexibility index (Phi) is 4.42. The second kappa shape index (κ2) is 5.83. The number of hydrogen-bond donors (Lipinski definition) is 3. The van der Waals surface area contributed by atoms with E-state index < -0.39 is 18.8 Å². The monoisotopic (exact) mass is 229 g/mol. The van der Waals surface area contributed by atoms with E-state index in [0.29, 0.717) is 0 Å². The number of amides is 1. The average molecular weight is 229 g/mol. The van der Waals surface area contributed by atoms with Crippen LogP contribution in [-0.4, -0.2) is 45.6 Å². The maximum absolute atomic E-state index is 10.4. The largest absolute Gasteiger partial charge is 0.461 e. The molecule has 0 aromatic carbocycles. The highest BCUT2D eigenvalue weighted by atomic mass is 16.5. The van der Waals surface area contributed by atoms with Crippen molar-refractivity contribution in [3.63, 3.8) is 0 Å². The van der Waals surface area contributed by atoms with E-state index in [1.807, 2.05) is 0 Å². The topological polar surface area (TPSA) is 128 Å². The fraction of sp³-hybridized carbons (Fsp3) is 0.375. The number of nitrogens with two attached hydrogens (primary N) is 1. The van der Waals surface area contributed by atoms with Crippen LogP contribution in [-0.2, 0) is 0 Å². The molecular formula is C8H11N3O5. The first-order valence-electron chi connectivity index (χ1n) is 4.33. The summed E-state index contributed by atoms with van der Waals surface area (Å²) < 4.78 is 9.40. The molecule has 88 valence electrons. The van der Waals surface area contributed by atoms with Crippen molar-refractivity contribution in [3.8, 4) is 11.8 Å². The lowest BCUT2D eigenvalue weighted by atomic mass is 10.4. The molecule has 1 amide bonds. The highest BCUT2D eigenvalue weighted by Crippen LogP contribution is 2.09. The van der Waals surface area contributed by atoms with Gasteiger partial charge in [0.2, 0.25) is 0 Å². The standard InChI is InChI=1S/C8H11N3O5/c9-7(14)16-6-1-10-8(11-2-6)15-4-5(13)3-12/h1-2,5,12-13H,3-4H2,(H2,9,14)/t5-/m0/s1. The van der Waals surface area contributed by atoms with Crippen molar-refractivity contribution in [2.75, 3.05) is 13.2 Å². The van der Waals surface area contributed by atoms with Crippen molar-refractivity contribution in [3.05, 3.63) is 12.4 Å². The number of hydrogen-bond acceptors (Lipinski definition) is 7. The van der Waals surface area contributed by atoms with Gasteiger partial charge in [0.05, 0.1) is 19.0 Å². The zero-order valence-corrected chi connectivity index (χ0v) is 8.24. The predicted molar refractivity (Wildman–Crippen MR) is 50.8 cm³/mol. The summed E-state index contributed by atoms with van der Waals surface area (Å²) in [5.41, 5.74) is 4.77. The second-order valence-electron chi connectivity index (χ2n) is 2.77. The number of ether oxygens (including phenoxy) is 2. The molecule has 0 unspecified atom stereocenters. The molecule has 8 nitrogen and oxygen atoms in total. The lowest BCUT2D eigenvalue weighted by Gasteiger charge is -2.07. The average Bonchev–Trinajstić information content (AvgIpc) is 2.27. The smallest absolute Gasteiger partial charge is 0.410 e. The summed E-state index contributed by atoms with van der Waals surface area (Å²) in [6, 6.07) is -0.00989. The predicted octanol–water partition coefficient (Wildman–Crippen LogP) is -1.33. The number of primary amides is 1. The Hall–Kier alpha value is -1.93. The van der Waals surface area contributed by atoms with Crippen LogP contribution >= 0.6 is 0 Å². The lowest BCUT2D eigenvalue weighted by Crippen LogP contribution is -2.22. The number of aliphatic hydroxyl groups excluding tert-OH is 2. The van der Waals surface area contributed by atoms with E-state index in [9.17, 15) is 4.79 Å². The highest BCUT2D eigenvalue weighted by molar-refractivity contribution is 5.67. The van der Waals surface area contributed by atoms with Crippen molar-refractivity contribution in [2.45, 2.75) is 6.10 Å². The van der Waals surface area contributed by atoms with E-state index in [-0.39, 0.29) is 18.4 Å². The Balaban J connectivity index is 2.48. The summed E-state index contributed by atoms with van der Waals surface area (Å²) in [4.78, 5) is 17.7. The molecule has 1 atom stereocenters. The zero-order chi connectivity index (χ0) is 12.0. The van der Waals surface area contributed by atoms with Gasteiger partial charge < -0.3 is 25.4 Å². The van der Waals surface area contributed by atoms with Gasteiger partial charge in [0.1, 0.15) is 12.7 Å². The van der Waals surface area contributed by atoms with Gasteiger partial charge in [0, 0.05) is 0 Å². The molecule has 0 radical (unpaired) electrons. The summed E-state index contributed by atoms with van der Waals surface area (Å²) in [7, 11) is 0. The van der Waals surface area contributed by atoms with E-state index in [1.54, 1.807) is 0 Å². The molecule has 0 bridgehead atoms. The van der Waals surface area contributed by atoms with Crippen molar-refractivity contribution in [1.29, 1.82) is 0 Å². The molecule has 0 spiro atoms. The van der Waals surface area contributed by atoms with Gasteiger partial charge >= 0.3 is 12.1 Å². The summed E-state index contributed by atoms with van der Waals surface area (Å²) >= 11 is 0. The van der Waals surface area contributed by atoms with Crippen LogP contribution in [0.2, 0.25) is 0 Å². The first-order chi connectivity index (χ1) is 7.61. The number of aromatic nitrogens is 2. The lowest BCUT2D eigenvalue weighted by molar-refractivity contribution is 0.0504. The van der Waals surface area contributed by atoms with E-state index in [4.69, 9.17) is 20.7 Å².